The smallest absolute Gasteiger partial charge is 0.264 e. The van der Waals surface area contributed by atoms with Crippen LogP contribution in [0, 0.1) is 0 Å². The molecule has 0 aliphatic rings. The fraction of sp³-hybridized carbons (Fsp3) is 0.259. The quantitative estimate of drug-likeness (QED) is 0.354. The number of hydrogen-bond acceptors (Lipinski definition) is 5. The number of hydrogen-bond donors (Lipinski definition) is 1. The van der Waals surface area contributed by atoms with E-state index in [1.165, 1.54) is 24.1 Å². The number of benzene rings is 3. The maximum Gasteiger partial charge on any atom is 0.264 e. The molecule has 202 valence electrons. The number of carbonyl (C=O) groups is 2. The second kappa shape index (κ2) is 13.0. The fourth-order valence-electron chi connectivity index (χ4n) is 3.75. The van der Waals surface area contributed by atoms with E-state index >= 15 is 0 Å². The van der Waals surface area contributed by atoms with E-state index in [4.69, 9.17) is 27.9 Å². The van der Waals surface area contributed by atoms with Crippen LogP contribution in [-0.4, -0.2) is 51.4 Å². The van der Waals surface area contributed by atoms with Gasteiger partial charge in [-0.05, 0) is 67.9 Å². The van der Waals surface area contributed by atoms with Crippen molar-refractivity contribution >= 4 is 50.7 Å². The molecule has 0 radical (unpaired) electrons. The molecule has 0 saturated heterocycles. The molecule has 0 aliphatic heterocycles. The van der Waals surface area contributed by atoms with Gasteiger partial charge >= 0.3 is 0 Å². The lowest BCUT2D eigenvalue weighted by Gasteiger charge is -2.31. The van der Waals surface area contributed by atoms with Crippen molar-refractivity contribution in [1.29, 1.82) is 0 Å². The molecule has 3 aromatic rings. The standard InChI is InChI=1S/C27H29Cl2N3O5S/c1-4-37-22-11-13-23(14-12-22)38(35,36)32(21-8-6-5-7-9-21)18-26(33)31(19(2)27(34)30-3)17-20-10-15-24(28)25(29)16-20/h5-16,19H,4,17-18H2,1-3H3,(H,30,34)/t19-/m1/s1. The van der Waals surface area contributed by atoms with Crippen LogP contribution >= 0.6 is 23.2 Å². The molecule has 2 amide bonds. The molecule has 0 spiro atoms. The third-order valence-electron chi connectivity index (χ3n) is 5.80. The second-order valence-electron chi connectivity index (χ2n) is 8.31. The molecule has 0 heterocycles. The summed E-state index contributed by atoms with van der Waals surface area (Å²) in [7, 11) is -2.69. The van der Waals surface area contributed by atoms with Crippen LogP contribution in [-0.2, 0) is 26.2 Å². The Morgan fingerprint density at radius 2 is 1.63 bits per heavy atom. The van der Waals surface area contributed by atoms with E-state index in [1.54, 1.807) is 67.6 Å². The Morgan fingerprint density at radius 3 is 2.21 bits per heavy atom. The van der Waals surface area contributed by atoms with E-state index in [-0.39, 0.29) is 11.4 Å². The van der Waals surface area contributed by atoms with Crippen LogP contribution in [0.2, 0.25) is 10.0 Å². The molecule has 1 atom stereocenters. The summed E-state index contributed by atoms with van der Waals surface area (Å²) in [5.41, 5.74) is 0.931. The van der Waals surface area contributed by atoms with Crippen molar-refractivity contribution in [2.24, 2.45) is 0 Å². The molecule has 3 aromatic carbocycles. The highest BCUT2D eigenvalue weighted by molar-refractivity contribution is 7.92. The number of sulfonamides is 1. The van der Waals surface area contributed by atoms with Gasteiger partial charge in [0.05, 0.1) is 27.2 Å². The summed E-state index contributed by atoms with van der Waals surface area (Å²) in [6.45, 7) is 3.31. The first-order valence-electron chi connectivity index (χ1n) is 11.8. The Bertz CT molecular complexity index is 1370. The molecule has 0 saturated carbocycles. The van der Waals surface area contributed by atoms with Crippen molar-refractivity contribution < 1.29 is 22.7 Å². The summed E-state index contributed by atoms with van der Waals surface area (Å²) in [5, 5.41) is 3.19. The lowest BCUT2D eigenvalue weighted by atomic mass is 10.1. The van der Waals surface area contributed by atoms with E-state index in [0.717, 1.165) is 4.31 Å². The van der Waals surface area contributed by atoms with Crippen LogP contribution in [0.3, 0.4) is 0 Å². The number of rotatable bonds is 11. The topological polar surface area (TPSA) is 96.0 Å². The molecule has 0 fully saturated rings. The van der Waals surface area contributed by atoms with Gasteiger partial charge in [0.2, 0.25) is 11.8 Å². The summed E-state index contributed by atoms with van der Waals surface area (Å²) in [5.74, 6) is -0.453. The van der Waals surface area contributed by atoms with Crippen LogP contribution < -0.4 is 14.4 Å². The van der Waals surface area contributed by atoms with Crippen molar-refractivity contribution in [3.8, 4) is 5.75 Å². The summed E-state index contributed by atoms with van der Waals surface area (Å²) in [6, 6.07) is 18.3. The van der Waals surface area contributed by atoms with E-state index in [2.05, 4.69) is 5.32 Å². The minimum atomic E-state index is -4.16. The Kier molecular flexibility index (Phi) is 10.0. The van der Waals surface area contributed by atoms with Crippen molar-refractivity contribution in [3.63, 3.8) is 0 Å². The lowest BCUT2D eigenvalue weighted by molar-refractivity contribution is -0.139. The van der Waals surface area contributed by atoms with Gasteiger partial charge in [-0.15, -0.1) is 0 Å². The zero-order valence-corrected chi connectivity index (χ0v) is 23.6. The van der Waals surface area contributed by atoms with Gasteiger partial charge in [-0.1, -0.05) is 47.5 Å². The first-order chi connectivity index (χ1) is 18.1. The molecule has 0 aromatic heterocycles. The normalized spacial score (nSPS) is 11.9. The van der Waals surface area contributed by atoms with Gasteiger partial charge in [-0.3, -0.25) is 13.9 Å². The minimum Gasteiger partial charge on any atom is -0.494 e. The van der Waals surface area contributed by atoms with Crippen LogP contribution in [0.4, 0.5) is 5.69 Å². The third kappa shape index (κ3) is 6.98. The van der Waals surface area contributed by atoms with Crippen molar-refractivity contribution in [1.82, 2.24) is 10.2 Å². The summed E-state index contributed by atoms with van der Waals surface area (Å²) in [6.07, 6.45) is 0. The molecule has 0 aliphatic carbocycles. The molecular formula is C27H29Cl2N3O5S. The van der Waals surface area contributed by atoms with Crippen LogP contribution in [0.25, 0.3) is 0 Å². The molecule has 0 bridgehead atoms. The number of ether oxygens (including phenoxy) is 1. The number of likely N-dealkylation sites (N-methyl/N-ethyl adjacent to an activating group) is 1. The van der Waals surface area contributed by atoms with Crippen LogP contribution in [0.1, 0.15) is 19.4 Å². The SMILES string of the molecule is CCOc1ccc(S(=O)(=O)N(CC(=O)N(Cc2ccc(Cl)c(Cl)c2)[C@H](C)C(=O)NC)c2ccccc2)cc1. The zero-order valence-electron chi connectivity index (χ0n) is 21.2. The monoisotopic (exact) mass is 577 g/mol. The number of nitrogens with zero attached hydrogens (tertiary/aromatic N) is 2. The van der Waals surface area contributed by atoms with E-state index in [9.17, 15) is 18.0 Å². The molecule has 11 heteroatoms. The lowest BCUT2D eigenvalue weighted by Crippen LogP contribution is -2.50. The van der Waals surface area contributed by atoms with Crippen molar-refractivity contribution in [3.05, 3.63) is 88.4 Å². The Balaban J connectivity index is 2.00. The van der Waals surface area contributed by atoms with Crippen molar-refractivity contribution in [2.45, 2.75) is 31.3 Å². The maximum atomic E-state index is 13.8. The van der Waals surface area contributed by atoms with Gasteiger partial charge in [0.15, 0.2) is 0 Å². The summed E-state index contributed by atoms with van der Waals surface area (Å²) >= 11 is 12.2. The average molecular weight is 579 g/mol. The fourth-order valence-corrected chi connectivity index (χ4v) is 5.49. The van der Waals surface area contributed by atoms with Crippen LogP contribution in [0.5, 0.6) is 5.75 Å². The third-order valence-corrected chi connectivity index (χ3v) is 8.32. The average Bonchev–Trinajstić information content (AvgIpc) is 2.92. The van der Waals surface area contributed by atoms with Gasteiger partial charge in [-0.2, -0.15) is 0 Å². The first-order valence-corrected chi connectivity index (χ1v) is 14.0. The number of para-hydroxylation sites is 1. The molecule has 0 unspecified atom stereocenters. The highest BCUT2D eigenvalue weighted by Gasteiger charge is 2.32. The highest BCUT2D eigenvalue weighted by atomic mass is 35.5. The zero-order chi connectivity index (χ0) is 27.9. The largest absolute Gasteiger partial charge is 0.494 e. The Hall–Kier alpha value is -3.27. The molecule has 38 heavy (non-hydrogen) atoms. The Morgan fingerprint density at radius 1 is 0.974 bits per heavy atom. The number of anilines is 1. The predicted molar refractivity (Wildman–Crippen MR) is 149 cm³/mol. The van der Waals surface area contributed by atoms with E-state index in [1.807, 2.05) is 6.92 Å². The number of nitrogens with one attached hydrogen (secondary N) is 1. The predicted octanol–water partition coefficient (Wildman–Crippen LogP) is 4.75. The summed E-state index contributed by atoms with van der Waals surface area (Å²) < 4.78 is 34.0. The van der Waals surface area contributed by atoms with Crippen molar-refractivity contribution in [2.75, 3.05) is 24.5 Å². The number of amides is 2. The van der Waals surface area contributed by atoms with E-state index in [0.29, 0.717) is 33.7 Å². The molecular weight excluding hydrogens is 549 g/mol. The first kappa shape index (κ1) is 29.3. The number of carbonyl (C=O) groups excluding carboxylic acids is 2. The van der Waals surface area contributed by atoms with E-state index < -0.39 is 34.4 Å². The van der Waals surface area contributed by atoms with Gasteiger partial charge in [-0.25, -0.2) is 8.42 Å². The van der Waals surface area contributed by atoms with Gasteiger partial charge in [0.25, 0.3) is 10.0 Å². The maximum absolute atomic E-state index is 13.8. The molecule has 1 N–H and O–H groups in total. The summed E-state index contributed by atoms with van der Waals surface area (Å²) in [4.78, 5) is 27.6. The van der Waals surface area contributed by atoms with Crippen LogP contribution in [0.15, 0.2) is 77.7 Å². The number of halogens is 2. The molecule has 8 nitrogen and oxygen atoms in total. The Labute approximate surface area is 233 Å². The minimum absolute atomic E-state index is 0.00649. The highest BCUT2D eigenvalue weighted by Crippen LogP contribution is 2.27. The second-order valence-corrected chi connectivity index (χ2v) is 11.0. The van der Waals surface area contributed by atoms with Gasteiger partial charge in [0.1, 0.15) is 18.3 Å². The van der Waals surface area contributed by atoms with Gasteiger partial charge in [0, 0.05) is 13.6 Å². The molecule has 3 rings (SSSR count). The van der Waals surface area contributed by atoms with Gasteiger partial charge < -0.3 is 15.0 Å².